The number of phenolic OH excluding ortho intramolecular Hbond substituents is 1. The molecule has 0 radical (unpaired) electrons. The lowest BCUT2D eigenvalue weighted by Gasteiger charge is -2.39. The molecule has 0 saturated carbocycles. The van der Waals surface area contributed by atoms with E-state index in [1.165, 1.54) is 120 Å². The van der Waals surface area contributed by atoms with Crippen LogP contribution in [0.5, 0.6) is 5.75 Å². The van der Waals surface area contributed by atoms with Gasteiger partial charge < -0.3 is 29.9 Å². The highest BCUT2D eigenvalue weighted by molar-refractivity contribution is 5.96. The number of piperidine rings is 1. The smallest absolute Gasteiger partial charge is 0.162 e. The second-order valence-electron chi connectivity index (χ2n) is 17.9. The van der Waals surface area contributed by atoms with Crippen LogP contribution in [0.4, 0.5) is 14.5 Å². The van der Waals surface area contributed by atoms with Gasteiger partial charge in [0.2, 0.25) is 0 Å². The minimum absolute atomic E-state index is 0. The number of phenols is 1. The Morgan fingerprint density at radius 1 is 0.677 bits per heavy atom. The minimum atomic E-state index is -0.313. The van der Waals surface area contributed by atoms with Crippen LogP contribution in [0.2, 0.25) is 0 Å². The normalized spacial score (nSPS) is 15.3. The van der Waals surface area contributed by atoms with Gasteiger partial charge in [-0.2, -0.15) is 0 Å². The molecule has 3 aromatic carbocycles. The highest BCUT2D eigenvalue weighted by Gasteiger charge is 2.42. The second kappa shape index (κ2) is 34.3. The summed E-state index contributed by atoms with van der Waals surface area (Å²) in [5.41, 5.74) is 3.48. The van der Waals surface area contributed by atoms with E-state index >= 15 is 0 Å². The van der Waals surface area contributed by atoms with Crippen molar-refractivity contribution in [1.82, 2.24) is 15.1 Å². The maximum absolute atomic E-state index is 13.2. The number of benzene rings is 3. The van der Waals surface area contributed by atoms with E-state index in [4.69, 9.17) is 4.79 Å². The zero-order valence-electron chi connectivity index (χ0n) is 39.8. The fourth-order valence-corrected chi connectivity index (χ4v) is 9.29. The number of rotatable bonds is 30. The highest BCUT2D eigenvalue weighted by Crippen LogP contribution is 2.48. The van der Waals surface area contributed by atoms with E-state index in [1.807, 2.05) is 18.9 Å². The lowest BCUT2D eigenvalue weighted by Crippen LogP contribution is -2.48. The van der Waals surface area contributed by atoms with Crippen LogP contribution in [-0.4, -0.2) is 98.7 Å². The molecule has 8 nitrogen and oxygen atoms in total. The molecule has 1 saturated heterocycles. The number of nitrogens with zero attached hydrogens (tertiary/aromatic N) is 3. The summed E-state index contributed by atoms with van der Waals surface area (Å²) in [7, 11) is 2.06. The number of anilines is 1. The highest BCUT2D eigenvalue weighted by atomic mass is 19.1. The molecule has 5 rings (SSSR count). The molecule has 10 heteroatoms. The van der Waals surface area contributed by atoms with Gasteiger partial charge in [-0.15, -0.1) is 0 Å². The first kappa shape index (κ1) is 57.1. The van der Waals surface area contributed by atoms with Crippen LogP contribution < -0.4 is 10.2 Å². The van der Waals surface area contributed by atoms with Crippen molar-refractivity contribution < 1.29 is 28.3 Å². The summed E-state index contributed by atoms with van der Waals surface area (Å²) in [6, 6.07) is 18.0. The van der Waals surface area contributed by atoms with Crippen molar-refractivity contribution in [2.45, 2.75) is 162 Å². The Kier molecular flexibility index (Phi) is 30.2. The number of aromatic hydroxyl groups is 1. The van der Waals surface area contributed by atoms with Crippen LogP contribution in [-0.2, 0) is 4.79 Å². The maximum Gasteiger partial charge on any atom is 0.162 e. The monoisotopic (exact) mass is 905 g/mol. The summed E-state index contributed by atoms with van der Waals surface area (Å²) < 4.78 is 25.9. The van der Waals surface area contributed by atoms with Crippen molar-refractivity contribution in [1.29, 1.82) is 0 Å². The Morgan fingerprint density at radius 3 is 1.74 bits per heavy atom. The molecule has 0 bridgehead atoms. The van der Waals surface area contributed by atoms with E-state index in [0.717, 1.165) is 83.7 Å². The molecule has 2 heterocycles. The lowest BCUT2D eigenvalue weighted by molar-refractivity contribution is -0.0980. The standard InChI is InChI=1S/C39H60FN3O2.C14H20FNO.CH2O.CH4/c1-2-3-4-5-6-7-8-9-10-11-12-13-14-15-26-41-27-30-43-36-25-29-42(31-35(36)34-18-16-19-38(45)39(34)43)28-17-20-37(44)32-21-23-33(40)24-22-32;1-3-10-16(2)11-4-5-14(17)12-6-8-13(15)9-7-12;1-2;/h16,18-19,21-24,35-36,41,45H,2-15,17,20,25-31H2,1H3;6-9H,3-5,10-11H2,1-2H3;1H2;1H4. The van der Waals surface area contributed by atoms with E-state index in [-0.39, 0.29) is 30.6 Å². The molecule has 1 fully saturated rings. The van der Waals surface area contributed by atoms with Crippen molar-refractivity contribution in [2.24, 2.45) is 0 Å². The van der Waals surface area contributed by atoms with Gasteiger partial charge in [-0.25, -0.2) is 8.78 Å². The van der Waals surface area contributed by atoms with Crippen LogP contribution in [0.3, 0.4) is 0 Å². The predicted octanol–water partition coefficient (Wildman–Crippen LogP) is 12.8. The van der Waals surface area contributed by atoms with Gasteiger partial charge in [-0.1, -0.05) is 117 Å². The van der Waals surface area contributed by atoms with Crippen LogP contribution in [0, 0.1) is 11.6 Å². The van der Waals surface area contributed by atoms with E-state index in [9.17, 15) is 23.5 Å². The Hall–Kier alpha value is -3.99. The van der Waals surface area contributed by atoms with Crippen LogP contribution in [0.25, 0.3) is 0 Å². The number of hydrogen-bond acceptors (Lipinski definition) is 8. The summed E-state index contributed by atoms with van der Waals surface area (Å²) >= 11 is 0. The third-order valence-electron chi connectivity index (χ3n) is 12.8. The fourth-order valence-electron chi connectivity index (χ4n) is 9.29. The SMILES string of the molecule is C.C=O.CCCCCCCCCCCCCCCCNCCN1c2c(O)cccc2C2CN(CCCC(=O)c3ccc(F)cc3)CCC21.CCCN(C)CCCC(=O)c1ccc(F)cc1. The summed E-state index contributed by atoms with van der Waals surface area (Å²) in [5, 5.41) is 14.5. The number of Topliss-reactive ketones (excluding diaryl/α,β-unsaturated/α-hetero) is 2. The molecule has 2 unspecified atom stereocenters. The largest absolute Gasteiger partial charge is 0.506 e. The molecule has 2 atom stereocenters. The topological polar surface area (TPSA) is 93.2 Å². The molecule has 2 aliphatic rings. The van der Waals surface area contributed by atoms with Crippen molar-refractivity contribution >= 4 is 24.0 Å². The van der Waals surface area contributed by atoms with Crippen molar-refractivity contribution in [2.75, 3.05) is 64.3 Å². The van der Waals surface area contributed by atoms with Gasteiger partial charge in [-0.05, 0) is 125 Å². The Morgan fingerprint density at radius 2 is 1.20 bits per heavy atom. The van der Waals surface area contributed by atoms with Gasteiger partial charge in [0.25, 0.3) is 0 Å². The van der Waals surface area contributed by atoms with Gasteiger partial charge in [-0.3, -0.25) is 9.59 Å². The summed E-state index contributed by atoms with van der Waals surface area (Å²) in [4.78, 5) is 39.5. The number of nitrogens with one attached hydrogen (secondary N) is 1. The van der Waals surface area contributed by atoms with E-state index in [0.29, 0.717) is 41.7 Å². The maximum atomic E-state index is 13.2. The number of carbonyl (C=O) groups is 3. The summed E-state index contributed by atoms with van der Waals surface area (Å²) in [6.07, 6.45) is 24.3. The number of para-hydroxylation sites is 1. The van der Waals surface area contributed by atoms with Gasteiger partial charge in [0, 0.05) is 62.1 Å². The number of fused-ring (bicyclic) bond motifs is 3. The lowest BCUT2D eigenvalue weighted by atomic mass is 9.89. The van der Waals surface area contributed by atoms with E-state index in [1.54, 1.807) is 24.3 Å². The van der Waals surface area contributed by atoms with Crippen molar-refractivity contribution in [3.05, 3.63) is 95.1 Å². The molecule has 0 amide bonds. The first-order valence-electron chi connectivity index (χ1n) is 24.8. The second-order valence-corrected chi connectivity index (χ2v) is 17.9. The molecule has 65 heavy (non-hydrogen) atoms. The number of unbranched alkanes of at least 4 members (excludes halogenated alkanes) is 13. The van der Waals surface area contributed by atoms with Gasteiger partial charge >= 0.3 is 0 Å². The molecular weight excluding hydrogens is 819 g/mol. The molecule has 2 aliphatic heterocycles. The Balaban J connectivity index is 0.000000609. The Bertz CT molecular complexity index is 1710. The first-order chi connectivity index (χ1) is 31.2. The predicted molar refractivity (Wildman–Crippen MR) is 268 cm³/mol. The van der Waals surface area contributed by atoms with Crippen LogP contribution in [0.1, 0.15) is 182 Å². The quantitative estimate of drug-likeness (QED) is 0.0505. The van der Waals surface area contributed by atoms with E-state index in [2.05, 4.69) is 47.0 Å². The average molecular weight is 905 g/mol. The third-order valence-corrected chi connectivity index (χ3v) is 12.8. The van der Waals surface area contributed by atoms with Crippen LogP contribution in [0.15, 0.2) is 66.7 Å². The number of ketones is 2. The number of halogens is 2. The molecule has 364 valence electrons. The average Bonchev–Trinajstić information content (AvgIpc) is 3.62. The molecular formula is C55H86F2N4O4. The summed E-state index contributed by atoms with van der Waals surface area (Å²) in [6.45, 7) is 14.2. The van der Waals surface area contributed by atoms with Crippen molar-refractivity contribution in [3.63, 3.8) is 0 Å². The minimum Gasteiger partial charge on any atom is -0.506 e. The molecule has 0 aromatic heterocycles. The van der Waals surface area contributed by atoms with Gasteiger partial charge in [0.15, 0.2) is 11.6 Å². The first-order valence-corrected chi connectivity index (χ1v) is 24.8. The number of carbonyl (C=O) groups excluding carboxylic acids is 3. The molecule has 0 aliphatic carbocycles. The fraction of sp³-hybridized carbons (Fsp3) is 0.618. The number of hydrogen-bond donors (Lipinski definition) is 2. The zero-order valence-corrected chi connectivity index (χ0v) is 39.8. The zero-order chi connectivity index (χ0) is 46.4. The third kappa shape index (κ3) is 21.5. The molecule has 3 aromatic rings. The van der Waals surface area contributed by atoms with Gasteiger partial charge in [0.1, 0.15) is 24.2 Å². The molecule has 0 spiro atoms. The van der Waals surface area contributed by atoms with Gasteiger partial charge in [0.05, 0.1) is 5.69 Å². The number of likely N-dealkylation sites (tertiary alicyclic amines) is 1. The van der Waals surface area contributed by atoms with Crippen molar-refractivity contribution in [3.8, 4) is 5.75 Å². The van der Waals surface area contributed by atoms with E-state index < -0.39 is 0 Å². The Labute approximate surface area is 392 Å². The summed E-state index contributed by atoms with van der Waals surface area (Å²) in [5.74, 6) is 0.324. The van der Waals surface area contributed by atoms with Crippen LogP contribution >= 0.6 is 0 Å². The molecule has 2 N–H and O–H groups in total.